The number of amides is 2. The lowest BCUT2D eigenvalue weighted by Gasteiger charge is -2.11. The van der Waals surface area contributed by atoms with Crippen molar-refractivity contribution in [3.8, 4) is 5.69 Å². The number of nitrogens with zero attached hydrogens (tertiary/aromatic N) is 2. The lowest BCUT2D eigenvalue weighted by molar-refractivity contribution is 0.101. The molecule has 0 unspecified atom stereocenters. The molecule has 0 radical (unpaired) electrons. The van der Waals surface area contributed by atoms with Gasteiger partial charge in [0.25, 0.3) is 17.4 Å². The molecule has 0 spiro atoms. The Morgan fingerprint density at radius 2 is 1.36 bits per heavy atom. The molecule has 7 nitrogen and oxygen atoms in total. The first-order valence-electron chi connectivity index (χ1n) is 10.5. The van der Waals surface area contributed by atoms with Crippen LogP contribution in [0.3, 0.4) is 0 Å². The molecule has 0 atom stereocenters. The number of benzene rings is 3. The second-order valence-electron chi connectivity index (χ2n) is 7.74. The van der Waals surface area contributed by atoms with Crippen molar-refractivity contribution in [2.75, 3.05) is 10.6 Å². The van der Waals surface area contributed by atoms with E-state index in [1.807, 2.05) is 43.3 Å². The number of aromatic nitrogens is 2. The van der Waals surface area contributed by atoms with E-state index in [4.69, 9.17) is 0 Å². The van der Waals surface area contributed by atoms with Crippen molar-refractivity contribution in [3.05, 3.63) is 112 Å². The van der Waals surface area contributed by atoms with E-state index in [2.05, 4.69) is 10.6 Å². The van der Waals surface area contributed by atoms with Gasteiger partial charge in [-0.3, -0.25) is 19.1 Å². The van der Waals surface area contributed by atoms with E-state index < -0.39 is 5.91 Å². The molecular formula is C26H24N4O3. The average molecular weight is 441 g/mol. The van der Waals surface area contributed by atoms with Crippen molar-refractivity contribution in [2.45, 2.75) is 13.8 Å². The second-order valence-corrected chi connectivity index (χ2v) is 7.74. The first-order chi connectivity index (χ1) is 15.9. The van der Waals surface area contributed by atoms with Gasteiger partial charge in [0.2, 0.25) is 0 Å². The van der Waals surface area contributed by atoms with Gasteiger partial charge in [0.15, 0.2) is 0 Å². The second kappa shape index (κ2) is 9.00. The fourth-order valence-corrected chi connectivity index (χ4v) is 3.58. The van der Waals surface area contributed by atoms with Gasteiger partial charge in [0.05, 0.1) is 11.4 Å². The fraction of sp³-hybridized carbons (Fsp3) is 0.115. The summed E-state index contributed by atoms with van der Waals surface area (Å²) in [6.07, 6.45) is 0. The molecule has 0 saturated carbocycles. The number of nitrogens with one attached hydrogen (secondary N) is 2. The van der Waals surface area contributed by atoms with Crippen LogP contribution in [0.25, 0.3) is 5.69 Å². The van der Waals surface area contributed by atoms with Gasteiger partial charge >= 0.3 is 0 Å². The molecule has 4 aromatic rings. The first-order valence-corrected chi connectivity index (χ1v) is 10.5. The van der Waals surface area contributed by atoms with E-state index in [0.29, 0.717) is 28.2 Å². The van der Waals surface area contributed by atoms with Crippen molar-refractivity contribution in [1.82, 2.24) is 9.36 Å². The minimum atomic E-state index is -0.434. The molecule has 1 heterocycles. The highest BCUT2D eigenvalue weighted by atomic mass is 16.2. The molecule has 0 fully saturated rings. The van der Waals surface area contributed by atoms with Gasteiger partial charge in [-0.25, -0.2) is 4.68 Å². The molecule has 166 valence electrons. The van der Waals surface area contributed by atoms with Crippen LogP contribution in [0.1, 0.15) is 32.0 Å². The zero-order valence-corrected chi connectivity index (χ0v) is 18.6. The molecule has 2 amide bonds. The molecular weight excluding hydrogens is 416 g/mol. The maximum Gasteiger partial charge on any atom is 0.295 e. The summed E-state index contributed by atoms with van der Waals surface area (Å²) in [5, 5.41) is 5.61. The van der Waals surface area contributed by atoms with Crippen molar-refractivity contribution in [3.63, 3.8) is 0 Å². The van der Waals surface area contributed by atoms with Crippen LogP contribution in [0, 0.1) is 13.8 Å². The molecule has 3 aromatic carbocycles. The molecule has 0 aliphatic carbocycles. The van der Waals surface area contributed by atoms with Crippen LogP contribution in [0.4, 0.5) is 11.4 Å². The SMILES string of the molecule is Cc1ccc(C(=O)Nc2c(C)n(C)n(-c3ccccc3)c2=O)cc1NC(=O)c1ccccc1. The van der Waals surface area contributed by atoms with Gasteiger partial charge in [0.1, 0.15) is 5.69 Å². The number of carbonyl (C=O) groups excluding carboxylic acids is 2. The van der Waals surface area contributed by atoms with Crippen molar-refractivity contribution in [1.29, 1.82) is 0 Å². The summed E-state index contributed by atoms with van der Waals surface area (Å²) in [5.74, 6) is -0.697. The van der Waals surface area contributed by atoms with Gasteiger partial charge in [0, 0.05) is 23.9 Å². The predicted molar refractivity (Wildman–Crippen MR) is 129 cm³/mol. The van der Waals surface area contributed by atoms with Gasteiger partial charge in [-0.15, -0.1) is 0 Å². The molecule has 33 heavy (non-hydrogen) atoms. The van der Waals surface area contributed by atoms with Crippen molar-refractivity contribution in [2.24, 2.45) is 7.05 Å². The molecule has 0 aliphatic heterocycles. The number of para-hydroxylation sites is 1. The van der Waals surface area contributed by atoms with Gasteiger partial charge in [-0.2, -0.15) is 0 Å². The number of aryl methyl sites for hydroxylation is 1. The maximum atomic E-state index is 13.1. The third kappa shape index (κ3) is 4.34. The largest absolute Gasteiger partial charge is 0.322 e. The number of carbonyl (C=O) groups is 2. The molecule has 1 aromatic heterocycles. The highest BCUT2D eigenvalue weighted by Crippen LogP contribution is 2.20. The Hall–Kier alpha value is -4.39. The van der Waals surface area contributed by atoms with Crippen molar-refractivity contribution >= 4 is 23.2 Å². The summed E-state index contributed by atoms with van der Waals surface area (Å²) in [6, 6.07) is 23.1. The van der Waals surface area contributed by atoms with Crippen LogP contribution < -0.4 is 16.2 Å². The Morgan fingerprint density at radius 3 is 2.03 bits per heavy atom. The van der Waals surface area contributed by atoms with E-state index in [1.54, 1.807) is 61.1 Å². The Bertz CT molecular complexity index is 1390. The topological polar surface area (TPSA) is 85.1 Å². The molecule has 2 N–H and O–H groups in total. The summed E-state index contributed by atoms with van der Waals surface area (Å²) in [4.78, 5) is 38.6. The highest BCUT2D eigenvalue weighted by molar-refractivity contribution is 6.07. The smallest absolute Gasteiger partial charge is 0.295 e. The zero-order valence-electron chi connectivity index (χ0n) is 18.6. The Kier molecular flexibility index (Phi) is 5.95. The Balaban J connectivity index is 1.61. The minimum Gasteiger partial charge on any atom is -0.322 e. The summed E-state index contributed by atoms with van der Waals surface area (Å²) in [6.45, 7) is 3.62. The van der Waals surface area contributed by atoms with Crippen LogP contribution in [0.2, 0.25) is 0 Å². The summed E-state index contributed by atoms with van der Waals surface area (Å²) < 4.78 is 3.21. The quantitative estimate of drug-likeness (QED) is 0.485. The molecule has 0 aliphatic rings. The number of anilines is 2. The number of hydrogen-bond acceptors (Lipinski definition) is 3. The Labute approximate surface area is 191 Å². The van der Waals surface area contributed by atoms with E-state index in [0.717, 1.165) is 5.56 Å². The van der Waals surface area contributed by atoms with E-state index in [-0.39, 0.29) is 17.2 Å². The number of hydrogen-bond donors (Lipinski definition) is 2. The lowest BCUT2D eigenvalue weighted by atomic mass is 10.1. The summed E-state index contributed by atoms with van der Waals surface area (Å²) in [7, 11) is 1.77. The lowest BCUT2D eigenvalue weighted by Crippen LogP contribution is -2.23. The van der Waals surface area contributed by atoms with Crippen LogP contribution in [0.5, 0.6) is 0 Å². The standard InChI is InChI=1S/C26H24N4O3/c1-17-14-15-20(16-22(17)27-24(31)19-10-6-4-7-11-19)25(32)28-23-18(2)29(3)30(26(23)33)21-12-8-5-9-13-21/h4-16H,1-3H3,(H,27,31)(H,28,32). The molecule has 7 heteroatoms. The third-order valence-electron chi connectivity index (χ3n) is 5.58. The van der Waals surface area contributed by atoms with Crippen LogP contribution in [-0.4, -0.2) is 21.2 Å². The van der Waals surface area contributed by atoms with Gasteiger partial charge in [-0.1, -0.05) is 42.5 Å². The van der Waals surface area contributed by atoms with E-state index >= 15 is 0 Å². The monoisotopic (exact) mass is 440 g/mol. The van der Waals surface area contributed by atoms with Crippen LogP contribution in [0.15, 0.2) is 83.7 Å². The van der Waals surface area contributed by atoms with Gasteiger partial charge < -0.3 is 10.6 Å². The van der Waals surface area contributed by atoms with E-state index in [9.17, 15) is 14.4 Å². The zero-order chi connectivity index (χ0) is 23.5. The van der Waals surface area contributed by atoms with Crippen LogP contribution >= 0.6 is 0 Å². The summed E-state index contributed by atoms with van der Waals surface area (Å²) >= 11 is 0. The fourth-order valence-electron chi connectivity index (χ4n) is 3.58. The van der Waals surface area contributed by atoms with Crippen molar-refractivity contribution < 1.29 is 9.59 Å². The van der Waals surface area contributed by atoms with Crippen LogP contribution in [-0.2, 0) is 7.05 Å². The maximum absolute atomic E-state index is 13.1. The van der Waals surface area contributed by atoms with Gasteiger partial charge in [-0.05, 0) is 55.8 Å². The Morgan fingerprint density at radius 1 is 0.758 bits per heavy atom. The molecule has 0 saturated heterocycles. The average Bonchev–Trinajstić information content (AvgIpc) is 3.04. The number of rotatable bonds is 5. The summed E-state index contributed by atoms with van der Waals surface area (Å²) in [5.41, 5.74) is 3.42. The normalized spacial score (nSPS) is 10.6. The van der Waals surface area contributed by atoms with E-state index in [1.165, 1.54) is 4.68 Å². The highest BCUT2D eigenvalue weighted by Gasteiger charge is 2.19. The third-order valence-corrected chi connectivity index (χ3v) is 5.58. The first kappa shape index (κ1) is 21.8. The molecule has 0 bridgehead atoms. The molecule has 4 rings (SSSR count). The predicted octanol–water partition coefficient (Wildman–Crippen LogP) is 4.30. The minimum absolute atomic E-state index is 0.210.